The van der Waals surface area contributed by atoms with Gasteiger partial charge in [-0.25, -0.2) is 4.79 Å². The SMILES string of the molecule is O=C(NCCc1ccc(Cl)s1)NC1CCC(CO)CC1. The highest BCUT2D eigenvalue weighted by Crippen LogP contribution is 2.23. The highest BCUT2D eigenvalue weighted by molar-refractivity contribution is 7.16. The summed E-state index contributed by atoms with van der Waals surface area (Å²) >= 11 is 7.40. The van der Waals surface area contributed by atoms with Crippen LogP contribution in [-0.2, 0) is 6.42 Å². The van der Waals surface area contributed by atoms with E-state index in [9.17, 15) is 4.79 Å². The summed E-state index contributed by atoms with van der Waals surface area (Å²) in [6.07, 6.45) is 4.71. The topological polar surface area (TPSA) is 61.4 Å². The Morgan fingerprint density at radius 2 is 2.10 bits per heavy atom. The van der Waals surface area contributed by atoms with E-state index in [1.54, 1.807) is 11.3 Å². The molecule has 1 aromatic heterocycles. The monoisotopic (exact) mass is 316 g/mol. The fourth-order valence-corrected chi connectivity index (χ4v) is 3.60. The Hall–Kier alpha value is -0.780. The predicted octanol–water partition coefficient (Wildman–Crippen LogP) is 2.79. The lowest BCUT2D eigenvalue weighted by Crippen LogP contribution is -2.44. The number of halogens is 1. The second kappa shape index (κ2) is 7.86. The Kier molecular flexibility index (Phi) is 6.13. The average molecular weight is 317 g/mol. The van der Waals surface area contributed by atoms with Crippen LogP contribution in [0.5, 0.6) is 0 Å². The summed E-state index contributed by atoms with van der Waals surface area (Å²) in [6, 6.07) is 4.01. The van der Waals surface area contributed by atoms with E-state index < -0.39 is 0 Å². The van der Waals surface area contributed by atoms with Crippen LogP contribution in [0.4, 0.5) is 4.79 Å². The van der Waals surface area contributed by atoms with Gasteiger partial charge in [0.1, 0.15) is 0 Å². The summed E-state index contributed by atoms with van der Waals surface area (Å²) in [5.41, 5.74) is 0. The molecule has 1 heterocycles. The average Bonchev–Trinajstić information content (AvgIpc) is 2.85. The quantitative estimate of drug-likeness (QED) is 0.782. The molecule has 1 aliphatic rings. The summed E-state index contributed by atoms with van der Waals surface area (Å²) in [5, 5.41) is 15.0. The van der Waals surface area contributed by atoms with E-state index in [-0.39, 0.29) is 18.7 Å². The molecular weight excluding hydrogens is 296 g/mol. The number of thiophene rings is 1. The van der Waals surface area contributed by atoms with E-state index in [2.05, 4.69) is 10.6 Å². The Morgan fingerprint density at radius 1 is 1.35 bits per heavy atom. The van der Waals surface area contributed by atoms with Crippen molar-refractivity contribution >= 4 is 29.0 Å². The van der Waals surface area contributed by atoms with Crippen LogP contribution < -0.4 is 10.6 Å². The van der Waals surface area contributed by atoms with Crippen LogP contribution in [0.15, 0.2) is 12.1 Å². The molecule has 0 radical (unpaired) electrons. The molecule has 0 unspecified atom stereocenters. The van der Waals surface area contributed by atoms with Crippen molar-refractivity contribution in [3.63, 3.8) is 0 Å². The van der Waals surface area contributed by atoms with Crippen LogP contribution in [0.3, 0.4) is 0 Å². The first-order chi connectivity index (χ1) is 9.67. The van der Waals surface area contributed by atoms with Crippen LogP contribution in [0.1, 0.15) is 30.6 Å². The van der Waals surface area contributed by atoms with Crippen molar-refractivity contribution in [3.8, 4) is 0 Å². The van der Waals surface area contributed by atoms with Gasteiger partial charge in [0.2, 0.25) is 0 Å². The third-order valence-corrected chi connectivity index (χ3v) is 5.02. The van der Waals surface area contributed by atoms with Gasteiger partial charge in [-0.3, -0.25) is 0 Å². The molecule has 1 saturated carbocycles. The standard InChI is InChI=1S/C14H21ClN2O2S/c15-13-6-5-12(20-13)7-8-16-14(19)17-11-3-1-10(9-18)2-4-11/h5-6,10-11,18H,1-4,7-9H2,(H2,16,17,19). The zero-order chi connectivity index (χ0) is 14.4. The number of amides is 2. The van der Waals surface area contributed by atoms with Crippen molar-refractivity contribution in [2.24, 2.45) is 5.92 Å². The van der Waals surface area contributed by atoms with Gasteiger partial charge in [-0.15, -0.1) is 11.3 Å². The van der Waals surface area contributed by atoms with Gasteiger partial charge in [0.25, 0.3) is 0 Å². The fraction of sp³-hybridized carbons (Fsp3) is 0.643. The molecule has 1 aliphatic carbocycles. The van der Waals surface area contributed by atoms with Crippen molar-refractivity contribution in [2.75, 3.05) is 13.2 Å². The Morgan fingerprint density at radius 3 is 2.70 bits per heavy atom. The van der Waals surface area contributed by atoms with E-state index in [0.29, 0.717) is 12.5 Å². The van der Waals surface area contributed by atoms with Gasteiger partial charge < -0.3 is 15.7 Å². The van der Waals surface area contributed by atoms with Crippen molar-refractivity contribution < 1.29 is 9.90 Å². The maximum absolute atomic E-state index is 11.8. The highest BCUT2D eigenvalue weighted by atomic mass is 35.5. The van der Waals surface area contributed by atoms with Gasteiger partial charge in [0.05, 0.1) is 4.34 Å². The second-order valence-electron chi connectivity index (χ2n) is 5.26. The number of hydrogen-bond donors (Lipinski definition) is 3. The van der Waals surface area contributed by atoms with Gasteiger partial charge in [-0.1, -0.05) is 11.6 Å². The molecule has 0 aromatic carbocycles. The minimum Gasteiger partial charge on any atom is -0.396 e. The Labute approximate surface area is 128 Å². The zero-order valence-corrected chi connectivity index (χ0v) is 13.0. The smallest absolute Gasteiger partial charge is 0.315 e. The number of aliphatic hydroxyl groups excluding tert-OH is 1. The van der Waals surface area contributed by atoms with E-state index in [0.717, 1.165) is 36.4 Å². The first kappa shape index (κ1) is 15.6. The molecule has 0 saturated heterocycles. The molecule has 0 spiro atoms. The highest BCUT2D eigenvalue weighted by Gasteiger charge is 2.21. The third kappa shape index (κ3) is 4.96. The van der Waals surface area contributed by atoms with Crippen LogP contribution in [-0.4, -0.2) is 30.3 Å². The molecule has 20 heavy (non-hydrogen) atoms. The van der Waals surface area contributed by atoms with E-state index >= 15 is 0 Å². The van der Waals surface area contributed by atoms with E-state index in [4.69, 9.17) is 16.7 Å². The summed E-state index contributed by atoms with van der Waals surface area (Å²) < 4.78 is 0.782. The maximum Gasteiger partial charge on any atom is 0.315 e. The summed E-state index contributed by atoms with van der Waals surface area (Å²) in [6.45, 7) is 0.886. The molecule has 1 aromatic rings. The first-order valence-electron chi connectivity index (χ1n) is 7.07. The Bertz CT molecular complexity index is 431. The third-order valence-electron chi connectivity index (χ3n) is 3.73. The van der Waals surface area contributed by atoms with Crippen LogP contribution >= 0.6 is 22.9 Å². The number of aliphatic hydroxyl groups is 1. The summed E-state index contributed by atoms with van der Waals surface area (Å²) in [4.78, 5) is 12.9. The maximum atomic E-state index is 11.8. The van der Waals surface area contributed by atoms with Crippen molar-refractivity contribution in [1.82, 2.24) is 10.6 Å². The molecule has 0 atom stereocenters. The minimum atomic E-state index is -0.0971. The van der Waals surface area contributed by atoms with Crippen LogP contribution in [0, 0.1) is 5.92 Å². The van der Waals surface area contributed by atoms with E-state index in [1.165, 1.54) is 4.88 Å². The molecule has 0 bridgehead atoms. The van der Waals surface area contributed by atoms with Crippen LogP contribution in [0.2, 0.25) is 4.34 Å². The lowest BCUT2D eigenvalue weighted by molar-refractivity contribution is 0.174. The van der Waals surface area contributed by atoms with Crippen molar-refractivity contribution in [2.45, 2.75) is 38.1 Å². The predicted molar refractivity (Wildman–Crippen MR) is 82.4 cm³/mol. The van der Waals surface area contributed by atoms with E-state index in [1.807, 2.05) is 12.1 Å². The molecule has 4 nitrogen and oxygen atoms in total. The first-order valence-corrected chi connectivity index (χ1v) is 8.26. The Balaban J connectivity index is 1.61. The number of carbonyl (C=O) groups is 1. The molecule has 2 rings (SSSR count). The molecule has 0 aliphatic heterocycles. The largest absolute Gasteiger partial charge is 0.396 e. The minimum absolute atomic E-state index is 0.0971. The molecule has 2 amide bonds. The second-order valence-corrected chi connectivity index (χ2v) is 7.06. The van der Waals surface area contributed by atoms with Crippen molar-refractivity contribution in [1.29, 1.82) is 0 Å². The molecular formula is C14H21ClN2O2S. The number of nitrogens with one attached hydrogen (secondary N) is 2. The number of urea groups is 1. The van der Waals surface area contributed by atoms with Gasteiger partial charge >= 0.3 is 6.03 Å². The molecule has 3 N–H and O–H groups in total. The molecule has 1 fully saturated rings. The lowest BCUT2D eigenvalue weighted by atomic mass is 9.87. The van der Waals surface area contributed by atoms with Gasteiger partial charge in [-0.05, 0) is 50.2 Å². The van der Waals surface area contributed by atoms with Gasteiger partial charge in [0, 0.05) is 24.1 Å². The summed E-state index contributed by atoms with van der Waals surface area (Å²) in [5.74, 6) is 0.416. The number of hydrogen-bond acceptors (Lipinski definition) is 3. The number of carbonyl (C=O) groups excluding carboxylic acids is 1. The van der Waals surface area contributed by atoms with Gasteiger partial charge in [-0.2, -0.15) is 0 Å². The van der Waals surface area contributed by atoms with Gasteiger partial charge in [0.15, 0.2) is 0 Å². The zero-order valence-electron chi connectivity index (χ0n) is 11.4. The van der Waals surface area contributed by atoms with Crippen LogP contribution in [0.25, 0.3) is 0 Å². The molecule has 112 valence electrons. The lowest BCUT2D eigenvalue weighted by Gasteiger charge is -2.27. The molecule has 6 heteroatoms. The number of rotatable bonds is 5. The fourth-order valence-electron chi connectivity index (χ4n) is 2.51. The summed E-state index contributed by atoms with van der Waals surface area (Å²) in [7, 11) is 0. The normalized spacial score (nSPS) is 22.5. The van der Waals surface area contributed by atoms with Crippen molar-refractivity contribution in [3.05, 3.63) is 21.3 Å².